The van der Waals surface area contributed by atoms with Gasteiger partial charge in [-0.1, -0.05) is 107 Å². The minimum absolute atomic E-state index is 1.05. The molecule has 0 saturated carbocycles. The van der Waals surface area contributed by atoms with Gasteiger partial charge in [0.1, 0.15) is 10.0 Å². The van der Waals surface area contributed by atoms with Crippen LogP contribution in [0.2, 0.25) is 0 Å². The molecule has 1 heterocycles. The monoisotopic (exact) mass is 406 g/mol. The first kappa shape index (κ1) is 21.7. The highest BCUT2D eigenvalue weighted by molar-refractivity contribution is 7.14. The van der Waals surface area contributed by atoms with Crippen LogP contribution in [-0.2, 0) is 19.3 Å². The van der Waals surface area contributed by atoms with Crippen LogP contribution in [0, 0.1) is 10.4 Å². The van der Waals surface area contributed by atoms with Gasteiger partial charge in [0.15, 0.2) is 0 Å². The van der Waals surface area contributed by atoms with Gasteiger partial charge in [-0.05, 0) is 40.8 Å². The lowest BCUT2D eigenvalue weighted by molar-refractivity contribution is 0.630. The van der Waals surface area contributed by atoms with E-state index >= 15 is 0 Å². The van der Waals surface area contributed by atoms with E-state index in [1.807, 2.05) is 0 Å². The number of hydrogen-bond acceptors (Lipinski definition) is 3. The maximum atomic E-state index is 4.33. The molecule has 2 aliphatic carbocycles. The number of aromatic nitrogens is 2. The molecule has 0 fully saturated rings. The van der Waals surface area contributed by atoms with Gasteiger partial charge in [-0.15, -0.1) is 10.2 Å². The summed E-state index contributed by atoms with van der Waals surface area (Å²) in [5, 5.41) is 13.9. The Hall–Kier alpha value is -2.00. The van der Waals surface area contributed by atoms with Crippen molar-refractivity contribution in [3.05, 3.63) is 69.0 Å². The molecule has 2 nitrogen and oxygen atoms in total. The summed E-state index contributed by atoms with van der Waals surface area (Å²) in [6.07, 6.45) is 11.3. The van der Waals surface area contributed by atoms with E-state index in [9.17, 15) is 0 Å². The zero-order chi connectivity index (χ0) is 20.5. The quantitative estimate of drug-likeness (QED) is 0.254. The van der Waals surface area contributed by atoms with Gasteiger partial charge in [-0.2, -0.15) is 0 Å². The van der Waals surface area contributed by atoms with Crippen molar-refractivity contribution in [3.8, 4) is 10.6 Å². The van der Waals surface area contributed by atoms with Gasteiger partial charge < -0.3 is 0 Å². The summed E-state index contributed by atoms with van der Waals surface area (Å²) < 4.78 is 0. The number of unbranched alkanes of at least 4 members (excludes halogenated alkanes) is 4. The van der Waals surface area contributed by atoms with Gasteiger partial charge >= 0.3 is 0 Å². The van der Waals surface area contributed by atoms with Crippen molar-refractivity contribution < 1.29 is 0 Å². The summed E-state index contributed by atoms with van der Waals surface area (Å²) >= 11 is 1.74. The summed E-state index contributed by atoms with van der Waals surface area (Å²) in [5.74, 6) is 0. The van der Waals surface area contributed by atoms with E-state index in [2.05, 4.69) is 73.4 Å². The lowest BCUT2D eigenvalue weighted by Crippen LogP contribution is -1.95. The maximum absolute atomic E-state index is 4.33. The first-order chi connectivity index (χ1) is 14.2. The second-order valence-electron chi connectivity index (χ2n) is 7.84. The highest BCUT2D eigenvalue weighted by Crippen LogP contribution is 2.25. The van der Waals surface area contributed by atoms with E-state index in [0.717, 1.165) is 17.8 Å². The first-order valence-corrected chi connectivity index (χ1v) is 12.1. The molecule has 29 heavy (non-hydrogen) atoms. The summed E-state index contributed by atoms with van der Waals surface area (Å²) in [6.45, 7) is 6.65. The zero-order valence-electron chi connectivity index (χ0n) is 18.2. The third-order valence-electron chi connectivity index (χ3n) is 5.51. The molecule has 0 bridgehead atoms. The van der Waals surface area contributed by atoms with Crippen molar-refractivity contribution in [3.63, 3.8) is 0 Å². The van der Waals surface area contributed by atoms with Crippen LogP contribution < -0.4 is 0 Å². The van der Waals surface area contributed by atoms with Crippen LogP contribution in [0.1, 0.15) is 75.4 Å². The highest BCUT2D eigenvalue weighted by atomic mass is 32.1. The third-order valence-corrected chi connectivity index (χ3v) is 6.54. The van der Waals surface area contributed by atoms with Gasteiger partial charge in [-0.3, -0.25) is 0 Å². The largest absolute Gasteiger partial charge is 0.147 e. The van der Waals surface area contributed by atoms with E-state index in [-0.39, 0.29) is 0 Å². The van der Waals surface area contributed by atoms with Gasteiger partial charge in [0.25, 0.3) is 0 Å². The summed E-state index contributed by atoms with van der Waals surface area (Å²) in [6, 6.07) is 15.4. The Kier molecular flexibility index (Phi) is 8.42. The van der Waals surface area contributed by atoms with E-state index in [4.69, 9.17) is 0 Å². The minimum atomic E-state index is 1.05. The van der Waals surface area contributed by atoms with Crippen LogP contribution in [0.25, 0.3) is 10.6 Å². The SMILES string of the molecule is CCCCCCCc1nnc(-c2ccc(CC)cc2)s1.CCCc1cc2ccc1=2. The smallest absolute Gasteiger partial charge is 0.143 e. The first-order valence-electron chi connectivity index (χ1n) is 11.3. The molecule has 4 rings (SSSR count). The van der Waals surface area contributed by atoms with Crippen molar-refractivity contribution in [1.29, 1.82) is 0 Å². The fourth-order valence-electron chi connectivity index (χ4n) is 3.58. The molecular formula is C26H34N2S. The average Bonchev–Trinajstić information content (AvgIpc) is 3.21. The topological polar surface area (TPSA) is 25.8 Å². The normalized spacial score (nSPS) is 11.1. The molecule has 0 N–H and O–H groups in total. The predicted octanol–water partition coefficient (Wildman–Crippen LogP) is 7.52. The standard InChI is InChI=1S/C17H24N2S.C9H10/c1-3-5-6-7-8-9-16-18-19-17(20-16)15-12-10-14(4-2)11-13-15;1-2-3-7-6-8-4-5-9(7)8/h10-13H,3-9H2,1-2H3;4-6H,2-3H2,1H3. The molecule has 154 valence electrons. The fraction of sp³-hybridized carbons (Fsp3) is 0.462. The predicted molar refractivity (Wildman–Crippen MR) is 125 cm³/mol. The maximum Gasteiger partial charge on any atom is 0.147 e. The summed E-state index contributed by atoms with van der Waals surface area (Å²) in [4.78, 5) is 0. The molecule has 0 radical (unpaired) electrons. The van der Waals surface area contributed by atoms with E-state index in [1.165, 1.54) is 71.5 Å². The molecule has 0 saturated heterocycles. The highest BCUT2D eigenvalue weighted by Gasteiger charge is 2.06. The lowest BCUT2D eigenvalue weighted by atomic mass is 9.96. The average molecular weight is 407 g/mol. The second-order valence-corrected chi connectivity index (χ2v) is 8.90. The van der Waals surface area contributed by atoms with Crippen molar-refractivity contribution in [2.45, 2.75) is 78.6 Å². The van der Waals surface area contributed by atoms with Crippen LogP contribution >= 0.6 is 11.3 Å². The number of nitrogens with zero attached hydrogens (tertiary/aromatic N) is 2. The minimum Gasteiger partial charge on any atom is -0.143 e. The van der Waals surface area contributed by atoms with Gasteiger partial charge in [0.05, 0.1) is 0 Å². The molecule has 0 atom stereocenters. The Morgan fingerprint density at radius 2 is 1.55 bits per heavy atom. The van der Waals surface area contributed by atoms with E-state index in [0.29, 0.717) is 0 Å². The Morgan fingerprint density at radius 3 is 2.14 bits per heavy atom. The fourth-order valence-corrected chi connectivity index (χ4v) is 4.47. The zero-order valence-corrected chi connectivity index (χ0v) is 19.0. The van der Waals surface area contributed by atoms with E-state index in [1.54, 1.807) is 16.9 Å². The van der Waals surface area contributed by atoms with Crippen LogP contribution in [0.4, 0.5) is 0 Å². The third kappa shape index (κ3) is 5.99. The Bertz CT molecular complexity index is 973. The van der Waals surface area contributed by atoms with Crippen LogP contribution in [0.15, 0.2) is 42.5 Å². The molecule has 2 aliphatic rings. The Balaban J connectivity index is 0.000000220. The molecule has 0 spiro atoms. The molecule has 2 aromatic rings. The molecule has 1 aromatic carbocycles. The molecule has 1 aromatic heterocycles. The van der Waals surface area contributed by atoms with Gasteiger partial charge in [0, 0.05) is 12.0 Å². The second kappa shape index (κ2) is 11.3. The number of aryl methyl sites for hydroxylation is 3. The van der Waals surface area contributed by atoms with Crippen LogP contribution in [0.5, 0.6) is 0 Å². The molecular weight excluding hydrogens is 372 g/mol. The lowest BCUT2D eigenvalue weighted by Gasteiger charge is -2.09. The number of rotatable bonds is 10. The molecule has 0 aliphatic heterocycles. The molecule has 3 heteroatoms. The Labute approximate surface area is 179 Å². The van der Waals surface area contributed by atoms with Crippen molar-refractivity contribution in [2.24, 2.45) is 0 Å². The van der Waals surface area contributed by atoms with Gasteiger partial charge in [-0.25, -0.2) is 0 Å². The van der Waals surface area contributed by atoms with Crippen LogP contribution in [0.3, 0.4) is 0 Å². The van der Waals surface area contributed by atoms with E-state index < -0.39 is 0 Å². The Morgan fingerprint density at radius 1 is 0.759 bits per heavy atom. The van der Waals surface area contributed by atoms with Crippen LogP contribution in [-0.4, -0.2) is 10.2 Å². The number of hydrogen-bond donors (Lipinski definition) is 0. The molecule has 0 unspecified atom stereocenters. The number of benzene rings is 2. The van der Waals surface area contributed by atoms with Gasteiger partial charge in [0.2, 0.25) is 0 Å². The van der Waals surface area contributed by atoms with Crippen molar-refractivity contribution >= 4 is 11.3 Å². The summed E-state index contributed by atoms with van der Waals surface area (Å²) in [5.41, 5.74) is 4.13. The molecule has 0 amide bonds. The summed E-state index contributed by atoms with van der Waals surface area (Å²) in [7, 11) is 0. The van der Waals surface area contributed by atoms with Crippen molar-refractivity contribution in [1.82, 2.24) is 10.2 Å². The van der Waals surface area contributed by atoms with Crippen molar-refractivity contribution in [2.75, 3.05) is 0 Å².